The largest absolute Gasteiger partial charge is 0.477 e. The quantitative estimate of drug-likeness (QED) is 0.801. The third-order valence-electron chi connectivity index (χ3n) is 4.13. The number of nitrogens with zero attached hydrogens (tertiary/aromatic N) is 3. The maximum atomic E-state index is 11.5. The highest BCUT2D eigenvalue weighted by molar-refractivity contribution is 5.94. The lowest BCUT2D eigenvalue weighted by molar-refractivity contribution is 0.0691. The number of ether oxygens (including phenoxy) is 1. The Bertz CT molecular complexity index is 700. The summed E-state index contributed by atoms with van der Waals surface area (Å²) in [7, 11) is 0. The number of fused-ring (bicyclic) bond motifs is 1. The van der Waals surface area contributed by atoms with Gasteiger partial charge in [-0.2, -0.15) is 10.1 Å². The van der Waals surface area contributed by atoms with E-state index in [1.807, 2.05) is 10.9 Å². The maximum Gasteiger partial charge on any atom is 0.341 e. The fraction of sp³-hybridized carbons (Fsp3) is 0.588. The van der Waals surface area contributed by atoms with Crippen molar-refractivity contribution in [1.82, 2.24) is 14.8 Å². The van der Waals surface area contributed by atoms with Gasteiger partial charge in [0, 0.05) is 11.6 Å². The zero-order valence-electron chi connectivity index (χ0n) is 13.7. The highest BCUT2D eigenvalue weighted by Gasteiger charge is 2.27. The van der Waals surface area contributed by atoms with Crippen molar-refractivity contribution in [1.29, 1.82) is 0 Å². The van der Waals surface area contributed by atoms with Gasteiger partial charge in [0.05, 0.1) is 6.04 Å². The Hall–Kier alpha value is -2.11. The van der Waals surface area contributed by atoms with Crippen molar-refractivity contribution in [3.8, 4) is 5.88 Å². The standard InChI is InChI=1S/C17H23N3O3/c1-3-5-12(6-4-2)20-10-11-9-14(17(21)22)16(18-15(11)19-20)23-13-7-8-13/h9-10,12-13H,3-8H2,1-2H3,(H,21,22). The first-order valence-corrected chi connectivity index (χ1v) is 8.42. The number of hydrogen-bond donors (Lipinski definition) is 1. The first-order valence-electron chi connectivity index (χ1n) is 8.42. The van der Waals surface area contributed by atoms with E-state index in [9.17, 15) is 9.90 Å². The first-order chi connectivity index (χ1) is 11.1. The van der Waals surface area contributed by atoms with E-state index in [1.54, 1.807) is 6.07 Å². The number of hydrogen-bond acceptors (Lipinski definition) is 4. The van der Waals surface area contributed by atoms with Crippen molar-refractivity contribution in [2.24, 2.45) is 0 Å². The molecular weight excluding hydrogens is 294 g/mol. The van der Waals surface area contributed by atoms with E-state index in [0.29, 0.717) is 11.7 Å². The third kappa shape index (κ3) is 3.46. The molecule has 124 valence electrons. The van der Waals surface area contributed by atoms with Crippen molar-refractivity contribution in [3.05, 3.63) is 17.8 Å². The zero-order valence-corrected chi connectivity index (χ0v) is 13.7. The van der Waals surface area contributed by atoms with E-state index in [0.717, 1.165) is 43.9 Å². The average Bonchev–Trinajstić information content (AvgIpc) is 3.23. The molecule has 3 rings (SSSR count). The van der Waals surface area contributed by atoms with Crippen LogP contribution in [-0.4, -0.2) is 31.9 Å². The molecule has 1 saturated carbocycles. The van der Waals surface area contributed by atoms with E-state index in [2.05, 4.69) is 23.9 Å². The molecule has 0 aromatic carbocycles. The minimum absolute atomic E-state index is 0.105. The van der Waals surface area contributed by atoms with Gasteiger partial charge in [0.1, 0.15) is 11.7 Å². The van der Waals surface area contributed by atoms with Crippen molar-refractivity contribution < 1.29 is 14.6 Å². The van der Waals surface area contributed by atoms with E-state index in [4.69, 9.17) is 4.74 Å². The summed E-state index contributed by atoms with van der Waals surface area (Å²) in [6.45, 7) is 4.32. The second-order valence-corrected chi connectivity index (χ2v) is 6.22. The summed E-state index contributed by atoms with van der Waals surface area (Å²) in [5.41, 5.74) is 0.675. The van der Waals surface area contributed by atoms with Gasteiger partial charge in [-0.3, -0.25) is 4.68 Å². The molecule has 1 aliphatic carbocycles. The van der Waals surface area contributed by atoms with Gasteiger partial charge in [-0.25, -0.2) is 4.79 Å². The predicted molar refractivity (Wildman–Crippen MR) is 87.0 cm³/mol. The van der Waals surface area contributed by atoms with Gasteiger partial charge < -0.3 is 9.84 Å². The molecule has 0 unspecified atom stereocenters. The van der Waals surface area contributed by atoms with Crippen molar-refractivity contribution in [2.45, 2.75) is 64.5 Å². The molecular formula is C17H23N3O3. The van der Waals surface area contributed by atoms with Crippen LogP contribution in [0.25, 0.3) is 11.0 Å². The lowest BCUT2D eigenvalue weighted by Gasteiger charge is -2.15. The molecule has 0 aliphatic heterocycles. The molecule has 1 aliphatic rings. The van der Waals surface area contributed by atoms with Crippen LogP contribution in [0.15, 0.2) is 12.3 Å². The molecule has 1 N–H and O–H groups in total. The van der Waals surface area contributed by atoms with Crippen LogP contribution in [0.2, 0.25) is 0 Å². The lowest BCUT2D eigenvalue weighted by Crippen LogP contribution is -2.09. The molecule has 2 aromatic rings. The summed E-state index contributed by atoms with van der Waals surface area (Å²) in [5, 5.41) is 14.7. The van der Waals surface area contributed by atoms with Crippen LogP contribution in [0.1, 0.15) is 68.8 Å². The Morgan fingerprint density at radius 3 is 2.65 bits per heavy atom. The molecule has 1 fully saturated rings. The second kappa shape index (κ2) is 6.56. The van der Waals surface area contributed by atoms with Gasteiger partial charge in [-0.1, -0.05) is 26.7 Å². The highest BCUT2D eigenvalue weighted by Crippen LogP contribution is 2.30. The van der Waals surface area contributed by atoms with Crippen molar-refractivity contribution in [2.75, 3.05) is 0 Å². The molecule has 0 atom stereocenters. The Balaban J connectivity index is 1.98. The fourth-order valence-corrected chi connectivity index (χ4v) is 2.81. The van der Waals surface area contributed by atoms with Gasteiger partial charge in [0.15, 0.2) is 5.65 Å². The number of carbonyl (C=O) groups is 1. The van der Waals surface area contributed by atoms with Crippen molar-refractivity contribution >= 4 is 17.0 Å². The van der Waals surface area contributed by atoms with Gasteiger partial charge in [-0.05, 0) is 31.7 Å². The molecule has 2 heterocycles. The van der Waals surface area contributed by atoms with Crippen LogP contribution in [0, 0.1) is 0 Å². The fourth-order valence-electron chi connectivity index (χ4n) is 2.81. The lowest BCUT2D eigenvalue weighted by atomic mass is 10.1. The SMILES string of the molecule is CCCC(CCC)n1cc2cc(C(=O)O)c(OC3CC3)nc2n1. The number of rotatable bonds is 8. The van der Waals surface area contributed by atoms with Crippen LogP contribution in [0.3, 0.4) is 0 Å². The smallest absolute Gasteiger partial charge is 0.341 e. The molecule has 0 radical (unpaired) electrons. The van der Waals surface area contributed by atoms with Crippen LogP contribution in [0.4, 0.5) is 0 Å². The summed E-state index contributed by atoms with van der Waals surface area (Å²) in [4.78, 5) is 15.8. The van der Waals surface area contributed by atoms with Gasteiger partial charge >= 0.3 is 5.97 Å². The normalized spacial score (nSPS) is 14.6. The molecule has 6 nitrogen and oxygen atoms in total. The second-order valence-electron chi connectivity index (χ2n) is 6.22. The van der Waals surface area contributed by atoms with E-state index in [-0.39, 0.29) is 17.5 Å². The summed E-state index contributed by atoms with van der Waals surface area (Å²) < 4.78 is 7.59. The summed E-state index contributed by atoms with van der Waals surface area (Å²) >= 11 is 0. The minimum atomic E-state index is -1.01. The van der Waals surface area contributed by atoms with Crippen molar-refractivity contribution in [3.63, 3.8) is 0 Å². The number of pyridine rings is 1. The molecule has 0 saturated heterocycles. The monoisotopic (exact) mass is 317 g/mol. The summed E-state index contributed by atoms with van der Waals surface area (Å²) in [6.07, 6.45) is 8.22. The van der Waals surface area contributed by atoms with Crippen LogP contribution in [-0.2, 0) is 0 Å². The number of aromatic carboxylic acids is 1. The molecule has 6 heteroatoms. The van der Waals surface area contributed by atoms with E-state index in [1.165, 1.54) is 0 Å². The van der Waals surface area contributed by atoms with Gasteiger partial charge in [0.25, 0.3) is 0 Å². The Morgan fingerprint density at radius 2 is 2.09 bits per heavy atom. The molecule has 0 bridgehead atoms. The number of carboxylic acid groups (broad SMARTS) is 1. The Morgan fingerprint density at radius 1 is 1.39 bits per heavy atom. The first kappa shape index (κ1) is 15.8. The average molecular weight is 317 g/mol. The topological polar surface area (TPSA) is 77.2 Å². The minimum Gasteiger partial charge on any atom is -0.477 e. The predicted octanol–water partition coefficient (Wildman–Crippen LogP) is 3.81. The Labute approximate surface area is 135 Å². The van der Waals surface area contributed by atoms with Crippen LogP contribution < -0.4 is 4.74 Å². The van der Waals surface area contributed by atoms with E-state index < -0.39 is 5.97 Å². The summed E-state index contributed by atoms with van der Waals surface area (Å²) in [5.74, 6) is -0.818. The molecule has 0 amide bonds. The highest BCUT2D eigenvalue weighted by atomic mass is 16.5. The van der Waals surface area contributed by atoms with Gasteiger partial charge in [0.2, 0.25) is 5.88 Å². The zero-order chi connectivity index (χ0) is 16.4. The Kier molecular flexibility index (Phi) is 4.50. The molecule has 2 aromatic heterocycles. The molecule has 23 heavy (non-hydrogen) atoms. The van der Waals surface area contributed by atoms with E-state index >= 15 is 0 Å². The summed E-state index contributed by atoms with van der Waals surface area (Å²) in [6, 6.07) is 1.96. The number of aromatic nitrogens is 3. The maximum absolute atomic E-state index is 11.5. The van der Waals surface area contributed by atoms with Gasteiger partial charge in [-0.15, -0.1) is 0 Å². The van der Waals surface area contributed by atoms with Crippen LogP contribution >= 0.6 is 0 Å². The number of carboxylic acids is 1. The van der Waals surface area contributed by atoms with Crippen LogP contribution in [0.5, 0.6) is 5.88 Å². The third-order valence-corrected chi connectivity index (χ3v) is 4.13. The molecule has 0 spiro atoms.